The summed E-state index contributed by atoms with van der Waals surface area (Å²) >= 11 is 3.00. The number of thioether (sulfide) groups is 1. The number of benzene rings is 1. The van der Waals surface area contributed by atoms with Crippen LogP contribution < -0.4 is 0 Å². The number of rotatable bonds is 7. The average molecular weight is 386 g/mol. The maximum absolute atomic E-state index is 11.5. The molecule has 0 amide bonds. The summed E-state index contributed by atoms with van der Waals surface area (Å²) in [6.07, 6.45) is 1.80. The van der Waals surface area contributed by atoms with Crippen LogP contribution in [0.25, 0.3) is 22.5 Å². The van der Waals surface area contributed by atoms with Crippen molar-refractivity contribution in [1.29, 1.82) is 0 Å². The van der Waals surface area contributed by atoms with E-state index in [4.69, 9.17) is 4.74 Å². The van der Waals surface area contributed by atoms with Gasteiger partial charge in [0, 0.05) is 27.9 Å². The van der Waals surface area contributed by atoms with E-state index in [9.17, 15) is 4.79 Å². The van der Waals surface area contributed by atoms with Crippen LogP contribution in [0.4, 0.5) is 0 Å². The van der Waals surface area contributed by atoms with Crippen molar-refractivity contribution < 1.29 is 9.53 Å². The van der Waals surface area contributed by atoms with Crippen molar-refractivity contribution in [2.24, 2.45) is 0 Å². The second-order valence-electron chi connectivity index (χ2n) is 5.52. The second kappa shape index (κ2) is 8.33. The first-order valence-corrected chi connectivity index (χ1v) is 9.89. The third kappa shape index (κ3) is 3.73. The van der Waals surface area contributed by atoms with Gasteiger partial charge in [-0.1, -0.05) is 48.2 Å². The van der Waals surface area contributed by atoms with Crippen LogP contribution in [0.1, 0.15) is 4.88 Å². The number of nitrogens with zero attached hydrogens (tertiary/aromatic N) is 3. The second-order valence-corrected chi connectivity index (χ2v) is 7.54. The lowest BCUT2D eigenvalue weighted by atomic mass is 10.0. The summed E-state index contributed by atoms with van der Waals surface area (Å²) < 4.78 is 6.69. The van der Waals surface area contributed by atoms with Gasteiger partial charge in [0.2, 0.25) is 0 Å². The molecule has 0 bridgehead atoms. The van der Waals surface area contributed by atoms with Gasteiger partial charge >= 0.3 is 5.97 Å². The van der Waals surface area contributed by atoms with E-state index >= 15 is 0 Å². The molecule has 0 aliphatic rings. The zero-order valence-corrected chi connectivity index (χ0v) is 16.3. The number of ether oxygens (including phenoxy) is 1. The molecular formula is C19H19N3O2S2. The molecule has 3 rings (SSSR count). The summed E-state index contributed by atoms with van der Waals surface area (Å²) in [6.45, 7) is 6.51. The first-order chi connectivity index (χ1) is 12.7. The predicted octanol–water partition coefficient (Wildman–Crippen LogP) is 4.43. The summed E-state index contributed by atoms with van der Waals surface area (Å²) in [5.74, 6) is 0.682. The Kier molecular flexibility index (Phi) is 5.90. The van der Waals surface area contributed by atoms with E-state index in [1.165, 1.54) is 23.7 Å². The van der Waals surface area contributed by atoms with Crippen LogP contribution in [0.2, 0.25) is 0 Å². The average Bonchev–Trinajstić information content (AvgIpc) is 3.24. The molecule has 0 atom stereocenters. The van der Waals surface area contributed by atoms with E-state index in [0.717, 1.165) is 22.5 Å². The van der Waals surface area contributed by atoms with Gasteiger partial charge in [-0.3, -0.25) is 9.36 Å². The molecular weight excluding hydrogens is 366 g/mol. The minimum Gasteiger partial charge on any atom is -0.468 e. The van der Waals surface area contributed by atoms with Gasteiger partial charge in [-0.25, -0.2) is 0 Å². The molecule has 1 aromatic carbocycles. The third-order valence-corrected chi connectivity index (χ3v) is 5.71. The number of aromatic nitrogens is 3. The summed E-state index contributed by atoms with van der Waals surface area (Å²) in [6, 6.07) is 10.3. The highest BCUT2D eigenvalue weighted by Crippen LogP contribution is 2.39. The summed E-state index contributed by atoms with van der Waals surface area (Å²) in [7, 11) is 1.38. The number of aryl methyl sites for hydroxylation is 1. The standard InChI is InChI=1S/C19H19N3O2S2/c1-4-10-22-18(20-21-19(22)26-12-16(23)24-3)15-11-25-13(2)17(15)14-8-6-5-7-9-14/h4-9,11H,1,10,12H2,2-3H3. The Hall–Kier alpha value is -2.38. The first kappa shape index (κ1) is 18.4. The Morgan fingerprint density at radius 2 is 2.12 bits per heavy atom. The zero-order chi connectivity index (χ0) is 18.5. The van der Waals surface area contributed by atoms with Gasteiger partial charge in [-0.05, 0) is 12.5 Å². The maximum Gasteiger partial charge on any atom is 0.316 e. The topological polar surface area (TPSA) is 57.0 Å². The Labute approximate surface area is 160 Å². The van der Waals surface area contributed by atoms with Crippen LogP contribution in [-0.2, 0) is 16.1 Å². The molecule has 0 spiro atoms. The third-order valence-electron chi connectivity index (χ3n) is 3.85. The van der Waals surface area contributed by atoms with Crippen molar-refractivity contribution in [3.63, 3.8) is 0 Å². The van der Waals surface area contributed by atoms with Gasteiger partial charge < -0.3 is 4.74 Å². The van der Waals surface area contributed by atoms with Crippen molar-refractivity contribution in [1.82, 2.24) is 14.8 Å². The predicted molar refractivity (Wildman–Crippen MR) is 106 cm³/mol. The molecule has 0 aliphatic heterocycles. The molecule has 2 heterocycles. The molecule has 0 N–H and O–H groups in total. The molecule has 0 aliphatic carbocycles. The van der Waals surface area contributed by atoms with Gasteiger partial charge in [-0.15, -0.1) is 28.1 Å². The summed E-state index contributed by atoms with van der Waals surface area (Å²) in [5.41, 5.74) is 3.36. The first-order valence-electron chi connectivity index (χ1n) is 8.03. The largest absolute Gasteiger partial charge is 0.468 e. The maximum atomic E-state index is 11.5. The number of carbonyl (C=O) groups excluding carboxylic acids is 1. The monoisotopic (exact) mass is 385 g/mol. The Balaban J connectivity index is 2.04. The van der Waals surface area contributed by atoms with Gasteiger partial charge in [-0.2, -0.15) is 0 Å². The molecule has 26 heavy (non-hydrogen) atoms. The van der Waals surface area contributed by atoms with Crippen LogP contribution in [0.5, 0.6) is 0 Å². The molecule has 0 saturated heterocycles. The molecule has 0 unspecified atom stereocenters. The Morgan fingerprint density at radius 3 is 2.81 bits per heavy atom. The molecule has 0 saturated carbocycles. The van der Waals surface area contributed by atoms with E-state index in [0.29, 0.717) is 11.7 Å². The van der Waals surface area contributed by atoms with Crippen LogP contribution in [-0.4, -0.2) is 33.6 Å². The van der Waals surface area contributed by atoms with E-state index in [1.807, 2.05) is 22.8 Å². The lowest BCUT2D eigenvalue weighted by Crippen LogP contribution is -2.06. The molecule has 134 valence electrons. The lowest BCUT2D eigenvalue weighted by Gasteiger charge is -2.09. The molecule has 0 fully saturated rings. The van der Waals surface area contributed by atoms with Crippen LogP contribution >= 0.6 is 23.1 Å². The van der Waals surface area contributed by atoms with Crippen molar-refractivity contribution in [3.05, 3.63) is 53.2 Å². The van der Waals surface area contributed by atoms with E-state index < -0.39 is 0 Å². The molecule has 7 heteroatoms. The number of carbonyl (C=O) groups is 1. The lowest BCUT2D eigenvalue weighted by molar-refractivity contribution is -0.137. The van der Waals surface area contributed by atoms with Gasteiger partial charge in [0.1, 0.15) is 0 Å². The number of hydrogen-bond donors (Lipinski definition) is 0. The highest BCUT2D eigenvalue weighted by Gasteiger charge is 2.20. The smallest absolute Gasteiger partial charge is 0.316 e. The molecule has 3 aromatic rings. The quantitative estimate of drug-likeness (QED) is 0.342. The van der Waals surface area contributed by atoms with Gasteiger partial charge in [0.15, 0.2) is 11.0 Å². The number of allylic oxidation sites excluding steroid dienone is 1. The summed E-state index contributed by atoms with van der Waals surface area (Å²) in [5, 5.41) is 11.5. The Morgan fingerprint density at radius 1 is 1.35 bits per heavy atom. The van der Waals surface area contributed by atoms with E-state index in [-0.39, 0.29) is 11.7 Å². The van der Waals surface area contributed by atoms with Gasteiger partial charge in [0.05, 0.1) is 12.9 Å². The minimum atomic E-state index is -0.291. The number of methoxy groups -OCH3 is 1. The van der Waals surface area contributed by atoms with Crippen LogP contribution in [0.15, 0.2) is 53.5 Å². The number of thiophene rings is 1. The zero-order valence-electron chi connectivity index (χ0n) is 14.6. The fourth-order valence-electron chi connectivity index (χ4n) is 2.65. The highest BCUT2D eigenvalue weighted by molar-refractivity contribution is 7.99. The van der Waals surface area contributed by atoms with Gasteiger partial charge in [0.25, 0.3) is 0 Å². The number of hydrogen-bond acceptors (Lipinski definition) is 6. The van der Waals surface area contributed by atoms with Crippen LogP contribution in [0.3, 0.4) is 0 Å². The fourth-order valence-corrected chi connectivity index (χ4v) is 4.30. The molecule has 2 aromatic heterocycles. The van der Waals surface area contributed by atoms with E-state index in [2.05, 4.69) is 41.2 Å². The SMILES string of the molecule is C=CCn1c(SCC(=O)OC)nnc1-c1csc(C)c1-c1ccccc1. The minimum absolute atomic E-state index is 0.194. The van der Waals surface area contributed by atoms with Crippen molar-refractivity contribution in [3.8, 4) is 22.5 Å². The van der Waals surface area contributed by atoms with E-state index in [1.54, 1.807) is 17.4 Å². The van der Waals surface area contributed by atoms with Crippen molar-refractivity contribution in [2.75, 3.05) is 12.9 Å². The highest BCUT2D eigenvalue weighted by atomic mass is 32.2. The Bertz CT molecular complexity index is 916. The molecule has 0 radical (unpaired) electrons. The van der Waals surface area contributed by atoms with Crippen molar-refractivity contribution >= 4 is 29.1 Å². The normalized spacial score (nSPS) is 10.7. The summed E-state index contributed by atoms with van der Waals surface area (Å²) in [4.78, 5) is 12.7. The molecule has 5 nitrogen and oxygen atoms in total. The fraction of sp³-hybridized carbons (Fsp3) is 0.211. The van der Waals surface area contributed by atoms with Crippen LogP contribution in [0, 0.1) is 6.92 Å². The van der Waals surface area contributed by atoms with Crippen molar-refractivity contribution in [2.45, 2.75) is 18.6 Å². The number of esters is 1.